The van der Waals surface area contributed by atoms with Gasteiger partial charge >= 0.3 is 5.97 Å². The zero-order chi connectivity index (χ0) is 11.5. The maximum Gasteiger partial charge on any atom is 0.370 e. The van der Waals surface area contributed by atoms with Crippen LogP contribution in [0.1, 0.15) is 0 Å². The fraction of sp³-hybridized carbons (Fsp3) is 0. The third-order valence-electron chi connectivity index (χ3n) is 1.44. The van der Waals surface area contributed by atoms with Crippen LogP contribution in [-0.2, 0) is 14.6 Å². The molecule has 80 valence electrons. The molecular formula is C7H6N2O5S. The summed E-state index contributed by atoms with van der Waals surface area (Å²) in [6.07, 6.45) is 1.18. The Morgan fingerprint density at radius 1 is 1.40 bits per heavy atom. The third kappa shape index (κ3) is 2.10. The van der Waals surface area contributed by atoms with Gasteiger partial charge < -0.3 is 10.3 Å². The zero-order valence-corrected chi connectivity index (χ0v) is 8.05. The molecule has 0 saturated heterocycles. The summed E-state index contributed by atoms with van der Waals surface area (Å²) in [5.41, 5.74) is 0. The van der Waals surface area contributed by atoms with E-state index in [0.29, 0.717) is 0 Å². The molecule has 8 heteroatoms. The molecule has 7 nitrogen and oxygen atoms in total. The molecule has 0 aliphatic carbocycles. The summed E-state index contributed by atoms with van der Waals surface area (Å²) in [6.45, 7) is 0. The molecule has 0 atom stereocenters. The van der Waals surface area contributed by atoms with Crippen LogP contribution in [0.4, 0.5) is 0 Å². The standard InChI is InChI=1S/C7H6N2O5S/c10-7(11)6(9-12)15(13,14)5-3-1-2-4-8-5/h1-4,12H,(H,10,11)/b9-6-. The zero-order valence-electron chi connectivity index (χ0n) is 7.23. The van der Waals surface area contributed by atoms with Crippen molar-refractivity contribution in [3.8, 4) is 0 Å². The molecule has 1 rings (SSSR count). The molecule has 15 heavy (non-hydrogen) atoms. The average molecular weight is 230 g/mol. The summed E-state index contributed by atoms with van der Waals surface area (Å²) in [4.78, 5) is 13.9. The fourth-order valence-corrected chi connectivity index (χ4v) is 1.81. The van der Waals surface area contributed by atoms with Gasteiger partial charge in [0, 0.05) is 6.20 Å². The lowest BCUT2D eigenvalue weighted by Crippen LogP contribution is -2.25. The van der Waals surface area contributed by atoms with Gasteiger partial charge in [-0.25, -0.2) is 18.2 Å². The molecule has 1 aromatic rings. The summed E-state index contributed by atoms with van der Waals surface area (Å²) in [7, 11) is -4.36. The minimum Gasteiger partial charge on any atom is -0.476 e. The van der Waals surface area contributed by atoms with E-state index in [2.05, 4.69) is 10.1 Å². The van der Waals surface area contributed by atoms with Gasteiger partial charge in [-0.2, -0.15) is 0 Å². The number of carbonyl (C=O) groups is 1. The first-order valence-electron chi connectivity index (χ1n) is 3.61. The van der Waals surface area contributed by atoms with Gasteiger partial charge in [-0.3, -0.25) is 0 Å². The van der Waals surface area contributed by atoms with Gasteiger partial charge in [0.1, 0.15) is 0 Å². The second kappa shape index (κ2) is 4.05. The minimum atomic E-state index is -4.36. The maximum absolute atomic E-state index is 11.5. The largest absolute Gasteiger partial charge is 0.476 e. The van der Waals surface area contributed by atoms with Crippen molar-refractivity contribution < 1.29 is 23.5 Å². The summed E-state index contributed by atoms with van der Waals surface area (Å²) >= 11 is 0. The van der Waals surface area contributed by atoms with Gasteiger partial charge in [0.25, 0.3) is 14.9 Å². The Labute approximate surface area is 84.6 Å². The average Bonchev–Trinajstić information content (AvgIpc) is 2.19. The molecule has 0 spiro atoms. The lowest BCUT2D eigenvalue weighted by atomic mass is 10.5. The van der Waals surface area contributed by atoms with E-state index < -0.39 is 25.9 Å². The van der Waals surface area contributed by atoms with E-state index in [1.54, 1.807) is 0 Å². The lowest BCUT2D eigenvalue weighted by molar-refractivity contribution is -0.129. The Kier molecular flexibility index (Phi) is 3.00. The second-order valence-corrected chi connectivity index (χ2v) is 4.19. The van der Waals surface area contributed by atoms with Crippen LogP contribution < -0.4 is 0 Å². The first kappa shape index (κ1) is 11.1. The number of aromatic nitrogens is 1. The number of nitrogens with zero attached hydrogens (tertiary/aromatic N) is 2. The molecule has 0 fully saturated rings. The van der Waals surface area contributed by atoms with Crippen LogP contribution in [0.2, 0.25) is 0 Å². The van der Waals surface area contributed by atoms with E-state index in [9.17, 15) is 13.2 Å². The van der Waals surface area contributed by atoms with Crippen molar-refractivity contribution in [2.75, 3.05) is 0 Å². The third-order valence-corrected chi connectivity index (χ3v) is 3.00. The van der Waals surface area contributed by atoms with Gasteiger partial charge in [-0.15, -0.1) is 0 Å². The normalized spacial score (nSPS) is 12.4. The van der Waals surface area contributed by atoms with Crippen molar-refractivity contribution in [3.05, 3.63) is 24.4 Å². The molecule has 0 saturated carbocycles. The maximum atomic E-state index is 11.5. The molecular weight excluding hydrogens is 224 g/mol. The van der Waals surface area contributed by atoms with Crippen molar-refractivity contribution in [2.45, 2.75) is 5.03 Å². The summed E-state index contributed by atoms with van der Waals surface area (Å²) in [6, 6.07) is 3.94. The predicted octanol–water partition coefficient (Wildman–Crippen LogP) is -0.272. The molecule has 0 amide bonds. The number of sulfone groups is 1. The number of rotatable bonds is 1. The van der Waals surface area contributed by atoms with Crippen molar-refractivity contribution >= 4 is 20.9 Å². The van der Waals surface area contributed by atoms with E-state index >= 15 is 0 Å². The number of pyridine rings is 1. The van der Waals surface area contributed by atoms with Crippen molar-refractivity contribution in [1.29, 1.82) is 0 Å². The Bertz CT molecular complexity index is 493. The lowest BCUT2D eigenvalue weighted by Gasteiger charge is -2.00. The van der Waals surface area contributed by atoms with E-state index in [0.717, 1.165) is 6.07 Å². The van der Waals surface area contributed by atoms with E-state index in [4.69, 9.17) is 10.3 Å². The topological polar surface area (TPSA) is 117 Å². The second-order valence-electron chi connectivity index (χ2n) is 2.38. The molecule has 2 N–H and O–H groups in total. The monoisotopic (exact) mass is 230 g/mol. The molecule has 1 heterocycles. The Balaban J connectivity index is 3.32. The number of aliphatic carboxylic acids is 1. The highest BCUT2D eigenvalue weighted by Crippen LogP contribution is 2.08. The highest BCUT2D eigenvalue weighted by atomic mass is 32.2. The minimum absolute atomic E-state index is 0.486. The molecule has 0 radical (unpaired) electrons. The fourth-order valence-electron chi connectivity index (χ4n) is 0.817. The number of oxime groups is 1. The number of hydrogen-bond donors (Lipinski definition) is 2. The number of hydrogen-bond acceptors (Lipinski definition) is 6. The van der Waals surface area contributed by atoms with Crippen LogP contribution in [-0.4, -0.2) is 34.7 Å². The molecule has 0 unspecified atom stereocenters. The molecule has 0 aliphatic rings. The Morgan fingerprint density at radius 2 is 2.07 bits per heavy atom. The SMILES string of the molecule is O=C(O)/C(=N/O)S(=O)(=O)c1ccccn1. The van der Waals surface area contributed by atoms with Crippen molar-refractivity contribution in [2.24, 2.45) is 5.16 Å². The number of carboxylic acid groups (broad SMARTS) is 1. The first-order valence-corrected chi connectivity index (χ1v) is 5.10. The van der Waals surface area contributed by atoms with Gasteiger partial charge in [0.05, 0.1) is 0 Å². The quantitative estimate of drug-likeness (QED) is 0.297. The smallest absolute Gasteiger partial charge is 0.370 e. The Morgan fingerprint density at radius 3 is 2.47 bits per heavy atom. The molecule has 0 bridgehead atoms. The van der Waals surface area contributed by atoms with E-state index in [-0.39, 0.29) is 0 Å². The molecule has 0 aliphatic heterocycles. The summed E-state index contributed by atoms with van der Waals surface area (Å²) < 4.78 is 22.9. The van der Waals surface area contributed by atoms with Crippen LogP contribution in [0.3, 0.4) is 0 Å². The van der Waals surface area contributed by atoms with Crippen LogP contribution in [0.15, 0.2) is 34.6 Å². The first-order chi connectivity index (χ1) is 7.00. The molecule has 0 aromatic carbocycles. The van der Waals surface area contributed by atoms with Crippen molar-refractivity contribution in [3.63, 3.8) is 0 Å². The van der Waals surface area contributed by atoms with Crippen LogP contribution in [0.5, 0.6) is 0 Å². The highest BCUT2D eigenvalue weighted by molar-refractivity contribution is 8.08. The molecule has 1 aromatic heterocycles. The highest BCUT2D eigenvalue weighted by Gasteiger charge is 2.30. The number of carboxylic acids is 1. The van der Waals surface area contributed by atoms with E-state index in [1.807, 2.05) is 0 Å². The van der Waals surface area contributed by atoms with Crippen LogP contribution in [0.25, 0.3) is 0 Å². The Hall–Kier alpha value is -1.96. The van der Waals surface area contributed by atoms with Gasteiger partial charge in [-0.05, 0) is 12.1 Å². The predicted molar refractivity (Wildman–Crippen MR) is 48.3 cm³/mol. The summed E-state index contributed by atoms with van der Waals surface area (Å²) in [5.74, 6) is -1.84. The summed E-state index contributed by atoms with van der Waals surface area (Å²) in [5, 5.41) is 17.1. The van der Waals surface area contributed by atoms with Gasteiger partial charge in [0.2, 0.25) is 0 Å². The van der Waals surface area contributed by atoms with Crippen LogP contribution in [0, 0.1) is 0 Å². The van der Waals surface area contributed by atoms with Gasteiger partial charge in [-0.1, -0.05) is 11.2 Å². The van der Waals surface area contributed by atoms with Crippen LogP contribution >= 0.6 is 0 Å². The van der Waals surface area contributed by atoms with Crippen molar-refractivity contribution in [1.82, 2.24) is 4.98 Å². The van der Waals surface area contributed by atoms with E-state index in [1.165, 1.54) is 18.3 Å². The van der Waals surface area contributed by atoms with Gasteiger partial charge in [0.15, 0.2) is 5.03 Å².